The summed E-state index contributed by atoms with van der Waals surface area (Å²) in [5.74, 6) is 1.34. The van der Waals surface area contributed by atoms with Crippen LogP contribution in [0.4, 0.5) is 0 Å². The Labute approximate surface area is 103 Å². The van der Waals surface area contributed by atoms with Gasteiger partial charge in [0.15, 0.2) is 0 Å². The number of thioether (sulfide) groups is 1. The van der Waals surface area contributed by atoms with Crippen molar-refractivity contribution in [2.75, 3.05) is 12.0 Å². The summed E-state index contributed by atoms with van der Waals surface area (Å²) < 4.78 is 0. The van der Waals surface area contributed by atoms with Crippen LogP contribution in [0.25, 0.3) is 0 Å². The van der Waals surface area contributed by atoms with Gasteiger partial charge in [0, 0.05) is 11.8 Å². The number of nitrogens with one attached hydrogen (secondary N) is 1. The van der Waals surface area contributed by atoms with Crippen LogP contribution in [0.1, 0.15) is 40.0 Å². The van der Waals surface area contributed by atoms with Gasteiger partial charge in [0.25, 0.3) is 0 Å². The first-order chi connectivity index (χ1) is 7.65. The van der Waals surface area contributed by atoms with E-state index < -0.39 is 0 Å². The molecule has 3 nitrogen and oxygen atoms in total. The van der Waals surface area contributed by atoms with Crippen molar-refractivity contribution in [2.45, 2.75) is 58.3 Å². The number of rotatable bonds is 6. The number of carbonyl (C=O) groups excluding carboxylic acids is 1. The zero-order chi connectivity index (χ0) is 12.1. The van der Waals surface area contributed by atoms with E-state index in [1.54, 1.807) is 0 Å². The maximum absolute atomic E-state index is 12.2. The summed E-state index contributed by atoms with van der Waals surface area (Å²) in [6.07, 6.45) is 5.35. The van der Waals surface area contributed by atoms with E-state index in [2.05, 4.69) is 37.2 Å². The summed E-state index contributed by atoms with van der Waals surface area (Å²) >= 11 is 1.82. The van der Waals surface area contributed by atoms with Crippen molar-refractivity contribution in [3.8, 4) is 0 Å². The second-order valence-corrected chi connectivity index (χ2v) is 5.36. The van der Waals surface area contributed by atoms with Gasteiger partial charge in [-0.15, -0.1) is 0 Å². The van der Waals surface area contributed by atoms with Gasteiger partial charge in [0.1, 0.15) is 0 Å². The summed E-state index contributed by atoms with van der Waals surface area (Å²) in [6.45, 7) is 6.38. The topological polar surface area (TPSA) is 32.3 Å². The zero-order valence-electron chi connectivity index (χ0n) is 10.8. The Morgan fingerprint density at radius 2 is 2.19 bits per heavy atom. The predicted octanol–water partition coefficient (Wildman–Crippen LogP) is 2.07. The van der Waals surface area contributed by atoms with E-state index in [9.17, 15) is 4.79 Å². The highest BCUT2D eigenvalue weighted by atomic mass is 32.2. The van der Waals surface area contributed by atoms with Crippen LogP contribution in [0, 0.1) is 0 Å². The molecule has 1 aliphatic rings. The predicted molar refractivity (Wildman–Crippen MR) is 70.6 cm³/mol. The third kappa shape index (κ3) is 2.92. The summed E-state index contributed by atoms with van der Waals surface area (Å²) in [6, 6.07) is 0.433. The smallest absolute Gasteiger partial charge is 0.241 e. The van der Waals surface area contributed by atoms with Crippen molar-refractivity contribution in [3.63, 3.8) is 0 Å². The summed E-state index contributed by atoms with van der Waals surface area (Å²) in [5, 5.41) is 3.39. The minimum absolute atomic E-state index is 0.0518. The van der Waals surface area contributed by atoms with Crippen LogP contribution < -0.4 is 5.32 Å². The summed E-state index contributed by atoms with van der Waals surface area (Å²) in [4.78, 5) is 14.3. The van der Waals surface area contributed by atoms with Gasteiger partial charge in [-0.05, 0) is 26.0 Å². The second-order valence-electron chi connectivity index (χ2n) is 4.45. The lowest BCUT2D eigenvalue weighted by atomic mass is 10.1. The van der Waals surface area contributed by atoms with Crippen molar-refractivity contribution in [1.82, 2.24) is 10.2 Å². The largest absolute Gasteiger partial charge is 0.322 e. The van der Waals surface area contributed by atoms with Gasteiger partial charge in [-0.25, -0.2) is 0 Å². The lowest BCUT2D eigenvalue weighted by Crippen LogP contribution is -2.44. The normalized spacial score (nSPS) is 27.5. The fourth-order valence-corrected chi connectivity index (χ4v) is 3.17. The fraction of sp³-hybridized carbons (Fsp3) is 0.917. The van der Waals surface area contributed by atoms with E-state index in [0.717, 1.165) is 25.0 Å². The van der Waals surface area contributed by atoms with Crippen LogP contribution in [0.2, 0.25) is 0 Å². The van der Waals surface area contributed by atoms with Gasteiger partial charge in [0.2, 0.25) is 5.91 Å². The first-order valence-electron chi connectivity index (χ1n) is 6.22. The van der Waals surface area contributed by atoms with Crippen molar-refractivity contribution in [2.24, 2.45) is 0 Å². The van der Waals surface area contributed by atoms with Gasteiger partial charge in [-0.1, -0.05) is 20.3 Å². The van der Waals surface area contributed by atoms with E-state index in [1.165, 1.54) is 0 Å². The van der Waals surface area contributed by atoms with E-state index >= 15 is 0 Å². The second kappa shape index (κ2) is 6.50. The van der Waals surface area contributed by atoms with Crippen LogP contribution in [-0.2, 0) is 4.79 Å². The summed E-state index contributed by atoms with van der Waals surface area (Å²) in [7, 11) is 0. The molecule has 0 saturated carbocycles. The molecule has 0 aliphatic carbocycles. The number of amides is 1. The van der Waals surface area contributed by atoms with Crippen LogP contribution in [0.3, 0.4) is 0 Å². The van der Waals surface area contributed by atoms with Crippen LogP contribution in [-0.4, -0.2) is 41.1 Å². The van der Waals surface area contributed by atoms with Crippen molar-refractivity contribution >= 4 is 17.7 Å². The molecule has 0 aromatic carbocycles. The molecular formula is C12H24N2OS. The highest BCUT2D eigenvalue weighted by Crippen LogP contribution is 2.21. The van der Waals surface area contributed by atoms with Gasteiger partial charge < -0.3 is 4.90 Å². The molecule has 16 heavy (non-hydrogen) atoms. The third-order valence-corrected chi connectivity index (χ3v) is 3.93. The quantitative estimate of drug-likeness (QED) is 0.776. The molecule has 3 unspecified atom stereocenters. The SMILES string of the molecule is CCCC1NC(C)N(C(CC)CSC)C1=O. The van der Waals surface area contributed by atoms with E-state index in [1.807, 2.05) is 11.8 Å². The molecule has 1 amide bonds. The highest BCUT2D eigenvalue weighted by molar-refractivity contribution is 7.98. The van der Waals surface area contributed by atoms with E-state index in [4.69, 9.17) is 0 Å². The van der Waals surface area contributed by atoms with Gasteiger partial charge in [-0.2, -0.15) is 11.8 Å². The number of carbonyl (C=O) groups is 1. The molecule has 0 spiro atoms. The van der Waals surface area contributed by atoms with Crippen LogP contribution in [0.5, 0.6) is 0 Å². The van der Waals surface area contributed by atoms with Crippen molar-refractivity contribution < 1.29 is 4.79 Å². The Bertz CT molecular complexity index is 235. The fourth-order valence-electron chi connectivity index (χ4n) is 2.39. The van der Waals surface area contributed by atoms with Gasteiger partial charge in [0.05, 0.1) is 12.2 Å². The highest BCUT2D eigenvalue weighted by Gasteiger charge is 2.38. The molecule has 1 fully saturated rings. The molecule has 1 saturated heterocycles. The molecule has 0 bridgehead atoms. The average molecular weight is 244 g/mol. The maximum atomic E-state index is 12.2. The van der Waals surface area contributed by atoms with Gasteiger partial charge in [-0.3, -0.25) is 10.1 Å². The monoisotopic (exact) mass is 244 g/mol. The minimum atomic E-state index is 0.0518. The van der Waals surface area contributed by atoms with E-state index in [-0.39, 0.29) is 12.2 Å². The maximum Gasteiger partial charge on any atom is 0.241 e. The van der Waals surface area contributed by atoms with Crippen LogP contribution in [0.15, 0.2) is 0 Å². The Balaban J connectivity index is 2.68. The third-order valence-electron chi connectivity index (χ3n) is 3.21. The molecule has 1 N–H and O–H groups in total. The Kier molecular flexibility index (Phi) is 5.62. The molecule has 1 rings (SSSR count). The molecule has 0 aromatic rings. The Hall–Kier alpha value is -0.220. The molecule has 94 valence electrons. The molecule has 1 aliphatic heterocycles. The lowest BCUT2D eigenvalue weighted by Gasteiger charge is -2.29. The zero-order valence-corrected chi connectivity index (χ0v) is 11.6. The minimum Gasteiger partial charge on any atom is -0.322 e. The summed E-state index contributed by atoms with van der Waals surface area (Å²) in [5.41, 5.74) is 0. The molecule has 1 heterocycles. The molecule has 3 atom stereocenters. The first-order valence-corrected chi connectivity index (χ1v) is 7.62. The Morgan fingerprint density at radius 1 is 1.50 bits per heavy atom. The molecular weight excluding hydrogens is 220 g/mol. The first kappa shape index (κ1) is 13.8. The van der Waals surface area contributed by atoms with Gasteiger partial charge >= 0.3 is 0 Å². The number of nitrogens with zero attached hydrogens (tertiary/aromatic N) is 1. The molecule has 0 aromatic heterocycles. The van der Waals surface area contributed by atoms with Crippen molar-refractivity contribution in [1.29, 1.82) is 0 Å². The van der Waals surface area contributed by atoms with Crippen molar-refractivity contribution in [3.05, 3.63) is 0 Å². The Morgan fingerprint density at radius 3 is 2.69 bits per heavy atom. The van der Waals surface area contributed by atoms with Crippen LogP contribution >= 0.6 is 11.8 Å². The number of hydrogen-bond donors (Lipinski definition) is 1. The van der Waals surface area contributed by atoms with E-state index in [0.29, 0.717) is 11.9 Å². The average Bonchev–Trinajstić information content (AvgIpc) is 2.53. The standard InChI is InChI=1S/C12H24N2OS/c1-5-7-11-12(15)14(9(3)13-11)10(6-2)8-16-4/h9-11,13H,5-8H2,1-4H3. The lowest BCUT2D eigenvalue weighted by molar-refractivity contribution is -0.131. The molecule has 4 heteroatoms. The number of hydrogen-bond acceptors (Lipinski definition) is 3. The molecule has 0 radical (unpaired) electrons.